The predicted molar refractivity (Wildman–Crippen MR) is 85.9 cm³/mol. The summed E-state index contributed by atoms with van der Waals surface area (Å²) >= 11 is 1.69. The Bertz CT molecular complexity index is 532. The Morgan fingerprint density at radius 2 is 1.95 bits per heavy atom. The second kappa shape index (κ2) is 8.12. The molecular weight excluding hydrogens is 284 g/mol. The first-order valence-electron chi connectivity index (χ1n) is 7.03. The van der Waals surface area contributed by atoms with E-state index in [0.717, 1.165) is 36.1 Å². The molecule has 0 fully saturated rings. The average Bonchev–Trinajstić information content (AvgIpc) is 2.81. The van der Waals surface area contributed by atoms with E-state index in [1.807, 2.05) is 19.1 Å². The Kier molecular flexibility index (Phi) is 6.17. The molecule has 0 aliphatic heterocycles. The van der Waals surface area contributed by atoms with Gasteiger partial charge in [0.2, 0.25) is 0 Å². The molecule has 5 heteroatoms. The van der Waals surface area contributed by atoms with Crippen molar-refractivity contribution in [2.24, 2.45) is 0 Å². The number of hydrogen-bond acceptors (Lipinski definition) is 5. The number of nitrogens with one attached hydrogen (secondary N) is 1. The third-order valence-corrected chi connectivity index (χ3v) is 4.22. The van der Waals surface area contributed by atoms with Gasteiger partial charge in [0.1, 0.15) is 17.4 Å². The summed E-state index contributed by atoms with van der Waals surface area (Å²) in [6, 6.07) is 8.16. The predicted octanol–water partition coefficient (Wildman–Crippen LogP) is 3.07. The maximum atomic E-state index is 5.77. The number of nitrogens with zero attached hydrogens (tertiary/aromatic N) is 1. The fourth-order valence-electron chi connectivity index (χ4n) is 1.86. The van der Waals surface area contributed by atoms with E-state index in [9.17, 15) is 0 Å². The molecule has 0 aliphatic rings. The highest BCUT2D eigenvalue weighted by Gasteiger charge is 2.04. The summed E-state index contributed by atoms with van der Waals surface area (Å²) in [5, 5.41) is 4.34. The lowest BCUT2D eigenvalue weighted by atomic mass is 10.2. The van der Waals surface area contributed by atoms with Crippen molar-refractivity contribution < 1.29 is 9.47 Å². The molecule has 1 N–H and O–H groups in total. The zero-order valence-electron chi connectivity index (χ0n) is 12.8. The van der Waals surface area contributed by atoms with Crippen LogP contribution in [0.4, 0.5) is 0 Å². The molecule has 1 heterocycles. The largest absolute Gasteiger partial charge is 0.486 e. The zero-order chi connectivity index (χ0) is 15.1. The van der Waals surface area contributed by atoms with E-state index in [4.69, 9.17) is 9.47 Å². The molecule has 0 atom stereocenters. The number of rotatable bonds is 8. The Hall–Kier alpha value is -1.43. The van der Waals surface area contributed by atoms with Crippen molar-refractivity contribution in [2.45, 2.75) is 27.0 Å². The number of ether oxygens (including phenoxy) is 2. The molecule has 2 rings (SSSR count). The quantitative estimate of drug-likeness (QED) is 0.761. The molecule has 0 unspecified atom stereocenters. The smallest absolute Gasteiger partial charge is 0.140 e. The fourth-order valence-corrected chi connectivity index (χ4v) is 2.70. The third-order valence-electron chi connectivity index (χ3n) is 3.17. The van der Waals surface area contributed by atoms with Crippen molar-refractivity contribution in [1.29, 1.82) is 0 Å². The fraction of sp³-hybridized carbons (Fsp3) is 0.438. The van der Waals surface area contributed by atoms with Gasteiger partial charge in [0.05, 0.1) is 12.3 Å². The van der Waals surface area contributed by atoms with E-state index in [-0.39, 0.29) is 0 Å². The molecule has 1 aromatic carbocycles. The second-order valence-corrected chi connectivity index (χ2v) is 6.14. The van der Waals surface area contributed by atoms with E-state index in [2.05, 4.69) is 29.4 Å². The number of hydrogen-bond donors (Lipinski definition) is 1. The average molecular weight is 306 g/mol. The molecule has 0 bridgehead atoms. The molecule has 21 heavy (non-hydrogen) atoms. The highest BCUT2D eigenvalue weighted by molar-refractivity contribution is 7.11. The summed E-state index contributed by atoms with van der Waals surface area (Å²) in [4.78, 5) is 5.73. The summed E-state index contributed by atoms with van der Waals surface area (Å²) in [5.41, 5.74) is 2.33. The van der Waals surface area contributed by atoms with Crippen LogP contribution in [-0.4, -0.2) is 25.2 Å². The van der Waals surface area contributed by atoms with Crippen LogP contribution in [0.1, 0.15) is 21.1 Å². The summed E-state index contributed by atoms with van der Waals surface area (Å²) < 4.78 is 10.8. The molecule has 0 spiro atoms. The van der Waals surface area contributed by atoms with Crippen molar-refractivity contribution in [3.8, 4) is 5.75 Å². The van der Waals surface area contributed by atoms with Crippen LogP contribution < -0.4 is 10.1 Å². The van der Waals surface area contributed by atoms with E-state index < -0.39 is 0 Å². The monoisotopic (exact) mass is 306 g/mol. The van der Waals surface area contributed by atoms with Gasteiger partial charge in [-0.15, -0.1) is 11.3 Å². The van der Waals surface area contributed by atoms with Gasteiger partial charge in [-0.3, -0.25) is 0 Å². The topological polar surface area (TPSA) is 43.4 Å². The Morgan fingerprint density at radius 1 is 1.19 bits per heavy atom. The van der Waals surface area contributed by atoms with Crippen LogP contribution in [-0.2, 0) is 17.9 Å². The van der Waals surface area contributed by atoms with Gasteiger partial charge in [-0.05, 0) is 31.5 Å². The summed E-state index contributed by atoms with van der Waals surface area (Å²) in [5.74, 6) is 0.876. The lowest BCUT2D eigenvalue weighted by molar-refractivity contribution is 0.199. The zero-order valence-corrected chi connectivity index (χ0v) is 13.6. The van der Waals surface area contributed by atoms with E-state index in [1.54, 1.807) is 18.4 Å². The van der Waals surface area contributed by atoms with Gasteiger partial charge in [-0.1, -0.05) is 12.1 Å². The van der Waals surface area contributed by atoms with Gasteiger partial charge in [0.25, 0.3) is 0 Å². The Labute approximate surface area is 130 Å². The summed E-state index contributed by atoms with van der Waals surface area (Å²) in [6.07, 6.45) is 0. The van der Waals surface area contributed by atoms with Crippen molar-refractivity contribution >= 4 is 11.3 Å². The van der Waals surface area contributed by atoms with Gasteiger partial charge in [-0.2, -0.15) is 0 Å². The van der Waals surface area contributed by atoms with Crippen LogP contribution in [0.2, 0.25) is 0 Å². The molecular formula is C16H22N2O2S. The highest BCUT2D eigenvalue weighted by Crippen LogP contribution is 2.19. The van der Waals surface area contributed by atoms with Crippen molar-refractivity contribution in [3.63, 3.8) is 0 Å². The van der Waals surface area contributed by atoms with Gasteiger partial charge in [0.15, 0.2) is 0 Å². The van der Waals surface area contributed by atoms with Crippen LogP contribution in [0.3, 0.4) is 0 Å². The lowest BCUT2D eigenvalue weighted by Crippen LogP contribution is -2.18. The van der Waals surface area contributed by atoms with E-state index in [0.29, 0.717) is 6.61 Å². The van der Waals surface area contributed by atoms with Crippen molar-refractivity contribution in [1.82, 2.24) is 10.3 Å². The van der Waals surface area contributed by atoms with Gasteiger partial charge in [-0.25, -0.2) is 4.98 Å². The van der Waals surface area contributed by atoms with Crippen molar-refractivity contribution in [2.75, 3.05) is 20.3 Å². The van der Waals surface area contributed by atoms with Gasteiger partial charge < -0.3 is 14.8 Å². The number of methoxy groups -OCH3 is 1. The first kappa shape index (κ1) is 15.9. The van der Waals surface area contributed by atoms with Crippen molar-refractivity contribution in [3.05, 3.63) is 45.4 Å². The van der Waals surface area contributed by atoms with Gasteiger partial charge in [0, 0.05) is 25.1 Å². The molecule has 4 nitrogen and oxygen atoms in total. The molecule has 0 radical (unpaired) electrons. The number of aryl methyl sites for hydroxylation is 2. The van der Waals surface area contributed by atoms with Crippen LogP contribution in [0.15, 0.2) is 24.3 Å². The maximum Gasteiger partial charge on any atom is 0.140 e. The van der Waals surface area contributed by atoms with Crippen LogP contribution in [0.5, 0.6) is 5.75 Å². The minimum absolute atomic E-state index is 0.533. The Balaban J connectivity index is 1.79. The first-order chi connectivity index (χ1) is 10.2. The molecule has 1 aromatic heterocycles. The normalized spacial score (nSPS) is 10.8. The SMILES string of the molecule is COCCNCc1ccc(OCc2nc(C)c(C)s2)cc1. The summed E-state index contributed by atoms with van der Waals surface area (Å²) in [7, 11) is 1.71. The molecule has 0 aliphatic carbocycles. The number of thiazole rings is 1. The lowest BCUT2D eigenvalue weighted by Gasteiger charge is -2.07. The second-order valence-electron chi connectivity index (χ2n) is 4.85. The summed E-state index contributed by atoms with van der Waals surface area (Å²) in [6.45, 7) is 7.08. The first-order valence-corrected chi connectivity index (χ1v) is 7.85. The molecule has 114 valence electrons. The molecule has 0 saturated heterocycles. The van der Waals surface area contributed by atoms with E-state index >= 15 is 0 Å². The Morgan fingerprint density at radius 3 is 2.57 bits per heavy atom. The van der Waals surface area contributed by atoms with Crippen LogP contribution >= 0.6 is 11.3 Å². The minimum atomic E-state index is 0.533. The third kappa shape index (κ3) is 5.12. The van der Waals surface area contributed by atoms with Crippen LogP contribution in [0, 0.1) is 13.8 Å². The molecule has 0 saturated carbocycles. The van der Waals surface area contributed by atoms with Crippen LogP contribution in [0.25, 0.3) is 0 Å². The number of aromatic nitrogens is 1. The standard InChI is InChI=1S/C16H22N2O2S/c1-12-13(2)21-16(18-12)11-20-15-6-4-14(5-7-15)10-17-8-9-19-3/h4-7,17H,8-11H2,1-3H3. The minimum Gasteiger partial charge on any atom is -0.486 e. The maximum absolute atomic E-state index is 5.77. The number of benzene rings is 1. The van der Waals surface area contributed by atoms with E-state index in [1.165, 1.54) is 10.4 Å². The van der Waals surface area contributed by atoms with Gasteiger partial charge >= 0.3 is 0 Å². The highest BCUT2D eigenvalue weighted by atomic mass is 32.1. The molecule has 0 amide bonds. The molecule has 2 aromatic rings.